The minimum Gasteiger partial charge on any atom is -0.496 e. The zero-order valence-corrected chi connectivity index (χ0v) is 14.2. The van der Waals surface area contributed by atoms with E-state index in [0.29, 0.717) is 4.47 Å². The van der Waals surface area contributed by atoms with Crippen molar-refractivity contribution in [3.8, 4) is 5.75 Å². The maximum Gasteiger partial charge on any atom is 0.137 e. The van der Waals surface area contributed by atoms with Gasteiger partial charge in [-0.05, 0) is 71.2 Å². The molecule has 0 aliphatic carbocycles. The molecular formula is C17H19BrFNO. The fourth-order valence-corrected chi connectivity index (χ4v) is 3.06. The lowest BCUT2D eigenvalue weighted by Gasteiger charge is -2.22. The number of halogens is 2. The van der Waals surface area contributed by atoms with Crippen LogP contribution in [0, 0.1) is 19.7 Å². The van der Waals surface area contributed by atoms with Gasteiger partial charge in [0.15, 0.2) is 0 Å². The molecule has 0 heterocycles. The van der Waals surface area contributed by atoms with Crippen LogP contribution in [0.4, 0.5) is 4.39 Å². The third kappa shape index (κ3) is 3.11. The highest BCUT2D eigenvalue weighted by atomic mass is 79.9. The van der Waals surface area contributed by atoms with E-state index in [9.17, 15) is 4.39 Å². The van der Waals surface area contributed by atoms with E-state index >= 15 is 0 Å². The molecule has 2 aromatic rings. The Bertz CT molecular complexity index is 657. The largest absolute Gasteiger partial charge is 0.496 e. The zero-order valence-electron chi connectivity index (χ0n) is 12.6. The molecule has 0 aliphatic heterocycles. The molecule has 0 fully saturated rings. The summed E-state index contributed by atoms with van der Waals surface area (Å²) in [6.07, 6.45) is 0. The Morgan fingerprint density at radius 1 is 1.14 bits per heavy atom. The number of hydrogen-bond donors (Lipinski definition) is 1. The van der Waals surface area contributed by atoms with E-state index in [1.165, 1.54) is 6.07 Å². The molecule has 2 aromatic carbocycles. The lowest BCUT2D eigenvalue weighted by atomic mass is 9.93. The predicted molar refractivity (Wildman–Crippen MR) is 87.5 cm³/mol. The van der Waals surface area contributed by atoms with Gasteiger partial charge in [-0.1, -0.05) is 18.2 Å². The highest BCUT2D eigenvalue weighted by Crippen LogP contribution is 2.34. The Morgan fingerprint density at radius 3 is 2.48 bits per heavy atom. The first-order chi connectivity index (χ1) is 9.99. The Labute approximate surface area is 133 Å². The summed E-state index contributed by atoms with van der Waals surface area (Å²) >= 11 is 3.35. The van der Waals surface area contributed by atoms with E-state index in [-0.39, 0.29) is 11.9 Å². The standard InChI is InChI=1S/C17H19BrFNO/c1-10-9-15(21-4)11(2)8-13(10)17(20-3)12-6-5-7-14(19)16(12)18/h5-9,17,20H,1-4H3. The van der Waals surface area contributed by atoms with Crippen molar-refractivity contribution < 1.29 is 9.13 Å². The van der Waals surface area contributed by atoms with Crippen LogP contribution in [-0.2, 0) is 0 Å². The van der Waals surface area contributed by atoms with Crippen LogP contribution in [0.3, 0.4) is 0 Å². The molecule has 0 saturated carbocycles. The molecular weight excluding hydrogens is 333 g/mol. The molecule has 1 atom stereocenters. The lowest BCUT2D eigenvalue weighted by molar-refractivity contribution is 0.411. The smallest absolute Gasteiger partial charge is 0.137 e. The number of nitrogens with one attached hydrogen (secondary N) is 1. The van der Waals surface area contributed by atoms with E-state index in [4.69, 9.17) is 4.74 Å². The van der Waals surface area contributed by atoms with Gasteiger partial charge in [-0.25, -0.2) is 4.39 Å². The molecule has 0 saturated heterocycles. The number of benzene rings is 2. The number of rotatable bonds is 4. The van der Waals surface area contributed by atoms with E-state index < -0.39 is 0 Å². The van der Waals surface area contributed by atoms with Crippen molar-refractivity contribution in [2.75, 3.05) is 14.2 Å². The fourth-order valence-electron chi connectivity index (χ4n) is 2.56. The molecule has 2 rings (SSSR count). The Morgan fingerprint density at radius 2 is 1.86 bits per heavy atom. The predicted octanol–water partition coefficient (Wildman–Crippen LogP) is 4.52. The monoisotopic (exact) mass is 351 g/mol. The maximum absolute atomic E-state index is 13.8. The van der Waals surface area contributed by atoms with Gasteiger partial charge in [0.25, 0.3) is 0 Å². The van der Waals surface area contributed by atoms with Gasteiger partial charge in [-0.15, -0.1) is 0 Å². The molecule has 0 aromatic heterocycles. The first-order valence-corrected chi connectivity index (χ1v) is 7.55. The number of aryl methyl sites for hydroxylation is 2. The molecule has 1 unspecified atom stereocenters. The van der Waals surface area contributed by atoms with Crippen LogP contribution in [0.15, 0.2) is 34.8 Å². The van der Waals surface area contributed by atoms with Crippen LogP contribution < -0.4 is 10.1 Å². The molecule has 0 bridgehead atoms. The van der Waals surface area contributed by atoms with Crippen LogP contribution >= 0.6 is 15.9 Å². The van der Waals surface area contributed by atoms with Crippen molar-refractivity contribution in [1.29, 1.82) is 0 Å². The summed E-state index contributed by atoms with van der Waals surface area (Å²) in [6, 6.07) is 9.12. The second-order valence-electron chi connectivity index (χ2n) is 5.04. The van der Waals surface area contributed by atoms with Crippen LogP contribution in [0.1, 0.15) is 28.3 Å². The number of methoxy groups -OCH3 is 1. The highest BCUT2D eigenvalue weighted by molar-refractivity contribution is 9.10. The van der Waals surface area contributed by atoms with Crippen molar-refractivity contribution >= 4 is 15.9 Å². The summed E-state index contributed by atoms with van der Waals surface area (Å²) in [5.74, 6) is 0.611. The Kier molecular flexibility index (Phi) is 5.01. The van der Waals surface area contributed by atoms with Crippen molar-refractivity contribution in [1.82, 2.24) is 5.32 Å². The topological polar surface area (TPSA) is 21.3 Å². The summed E-state index contributed by atoms with van der Waals surface area (Å²) in [7, 11) is 3.54. The fraction of sp³-hybridized carbons (Fsp3) is 0.294. The van der Waals surface area contributed by atoms with Gasteiger partial charge in [0, 0.05) is 0 Å². The van der Waals surface area contributed by atoms with Gasteiger partial charge >= 0.3 is 0 Å². The summed E-state index contributed by atoms with van der Waals surface area (Å²) in [5, 5.41) is 3.27. The van der Waals surface area contributed by atoms with E-state index in [2.05, 4.69) is 27.3 Å². The van der Waals surface area contributed by atoms with Gasteiger partial charge in [0.1, 0.15) is 11.6 Å². The average Bonchev–Trinajstić information content (AvgIpc) is 2.47. The second-order valence-corrected chi connectivity index (χ2v) is 5.84. The number of ether oxygens (including phenoxy) is 1. The third-order valence-electron chi connectivity index (χ3n) is 3.68. The SMILES string of the molecule is CNC(c1cc(C)c(OC)cc1C)c1cccc(F)c1Br. The van der Waals surface area contributed by atoms with Crippen LogP contribution in [-0.4, -0.2) is 14.2 Å². The van der Waals surface area contributed by atoms with Gasteiger partial charge in [0.05, 0.1) is 17.6 Å². The molecule has 2 nitrogen and oxygen atoms in total. The minimum absolute atomic E-state index is 0.0836. The Balaban J connectivity index is 2.57. The Hall–Kier alpha value is -1.39. The summed E-state index contributed by atoms with van der Waals surface area (Å²) in [6.45, 7) is 4.05. The van der Waals surface area contributed by atoms with Crippen molar-refractivity contribution in [3.63, 3.8) is 0 Å². The molecule has 0 amide bonds. The van der Waals surface area contributed by atoms with Gasteiger partial charge < -0.3 is 10.1 Å². The molecule has 21 heavy (non-hydrogen) atoms. The quantitative estimate of drug-likeness (QED) is 0.873. The van der Waals surface area contributed by atoms with Crippen molar-refractivity contribution in [2.24, 2.45) is 0 Å². The third-order valence-corrected chi connectivity index (χ3v) is 4.51. The lowest BCUT2D eigenvalue weighted by Crippen LogP contribution is -2.19. The summed E-state index contributed by atoms with van der Waals surface area (Å²) < 4.78 is 19.6. The van der Waals surface area contributed by atoms with E-state index in [1.54, 1.807) is 13.2 Å². The summed E-state index contributed by atoms with van der Waals surface area (Å²) in [4.78, 5) is 0. The van der Waals surface area contributed by atoms with E-state index in [0.717, 1.165) is 28.0 Å². The molecule has 0 aliphatic rings. The normalized spacial score (nSPS) is 12.3. The van der Waals surface area contributed by atoms with E-state index in [1.807, 2.05) is 33.0 Å². The van der Waals surface area contributed by atoms with Gasteiger partial charge in [-0.2, -0.15) is 0 Å². The second kappa shape index (κ2) is 6.58. The van der Waals surface area contributed by atoms with Crippen LogP contribution in [0.25, 0.3) is 0 Å². The number of hydrogen-bond acceptors (Lipinski definition) is 2. The average molecular weight is 352 g/mol. The molecule has 112 valence electrons. The minimum atomic E-state index is -0.254. The van der Waals surface area contributed by atoms with Crippen LogP contribution in [0.2, 0.25) is 0 Å². The van der Waals surface area contributed by atoms with Gasteiger partial charge in [0.2, 0.25) is 0 Å². The first-order valence-electron chi connectivity index (χ1n) is 6.76. The first kappa shape index (κ1) is 16.0. The highest BCUT2D eigenvalue weighted by Gasteiger charge is 2.19. The molecule has 0 radical (unpaired) electrons. The van der Waals surface area contributed by atoms with Crippen molar-refractivity contribution in [3.05, 3.63) is 62.9 Å². The molecule has 1 N–H and O–H groups in total. The van der Waals surface area contributed by atoms with Crippen molar-refractivity contribution in [2.45, 2.75) is 19.9 Å². The molecule has 0 spiro atoms. The maximum atomic E-state index is 13.8. The van der Waals surface area contributed by atoms with Crippen LogP contribution in [0.5, 0.6) is 5.75 Å². The summed E-state index contributed by atoms with van der Waals surface area (Å²) in [5.41, 5.74) is 4.16. The van der Waals surface area contributed by atoms with Gasteiger partial charge in [-0.3, -0.25) is 0 Å². The zero-order chi connectivity index (χ0) is 15.6. The molecule has 4 heteroatoms.